The van der Waals surface area contributed by atoms with E-state index >= 15 is 0 Å². The summed E-state index contributed by atoms with van der Waals surface area (Å²) in [5.74, 6) is 1.59. The molecule has 4 atom stereocenters. The number of nitrogens with zero attached hydrogens (tertiary/aromatic N) is 2. The molecule has 5 nitrogen and oxygen atoms in total. The van der Waals surface area contributed by atoms with Crippen LogP contribution in [0.1, 0.15) is 44.1 Å². The van der Waals surface area contributed by atoms with Gasteiger partial charge in [-0.05, 0) is 42.6 Å². The van der Waals surface area contributed by atoms with Crippen LogP contribution in [0.15, 0.2) is 30.3 Å². The molecule has 1 aliphatic carbocycles. The zero-order chi connectivity index (χ0) is 18.3. The summed E-state index contributed by atoms with van der Waals surface area (Å²) in [5, 5.41) is 0. The van der Waals surface area contributed by atoms with Crippen molar-refractivity contribution in [3.8, 4) is 0 Å². The Morgan fingerprint density at radius 3 is 2.65 bits per heavy atom. The first-order chi connectivity index (χ1) is 12.4. The Bertz CT molecular complexity index is 765. The molecule has 3 fully saturated rings. The average Bonchev–Trinajstić information content (AvgIpc) is 3.32. The molecule has 0 N–H and O–H groups in total. The van der Waals surface area contributed by atoms with Gasteiger partial charge in [-0.1, -0.05) is 37.3 Å². The summed E-state index contributed by atoms with van der Waals surface area (Å²) < 4.78 is 26.4. The number of benzene rings is 1. The highest BCUT2D eigenvalue weighted by atomic mass is 32.2. The summed E-state index contributed by atoms with van der Waals surface area (Å²) in [5.41, 5.74) is 1.33. The third kappa shape index (κ3) is 3.67. The molecule has 0 bridgehead atoms. The molecule has 142 valence electrons. The number of likely N-dealkylation sites (tertiary alicyclic amines) is 1. The van der Waals surface area contributed by atoms with Gasteiger partial charge in [-0.25, -0.2) is 8.42 Å². The highest BCUT2D eigenvalue weighted by Gasteiger charge is 2.43. The molecule has 2 aliphatic heterocycles. The van der Waals surface area contributed by atoms with Gasteiger partial charge < -0.3 is 4.90 Å². The minimum absolute atomic E-state index is 0.0354. The SMILES string of the molecule is CC1CN(C2CCCN(C(=O)C[C@@H]3C[C@H]3c3ccccc3)C2)S(=O)(=O)C1. The molecule has 0 radical (unpaired) electrons. The van der Waals surface area contributed by atoms with Crippen LogP contribution in [0.4, 0.5) is 0 Å². The second kappa shape index (κ2) is 6.97. The fourth-order valence-electron chi connectivity index (χ4n) is 4.66. The van der Waals surface area contributed by atoms with Gasteiger partial charge in [0.25, 0.3) is 0 Å². The first-order valence-electron chi connectivity index (χ1n) is 9.76. The minimum Gasteiger partial charge on any atom is -0.341 e. The number of amides is 1. The molecule has 3 aliphatic rings. The van der Waals surface area contributed by atoms with E-state index in [1.54, 1.807) is 4.31 Å². The molecule has 2 heterocycles. The zero-order valence-corrected chi connectivity index (χ0v) is 16.2. The van der Waals surface area contributed by atoms with Gasteiger partial charge in [0.2, 0.25) is 15.9 Å². The van der Waals surface area contributed by atoms with Crippen molar-refractivity contribution < 1.29 is 13.2 Å². The molecule has 1 amide bonds. The lowest BCUT2D eigenvalue weighted by atomic mass is 10.0. The summed E-state index contributed by atoms with van der Waals surface area (Å²) in [6, 6.07) is 10.4. The number of piperidine rings is 1. The van der Waals surface area contributed by atoms with E-state index in [-0.39, 0.29) is 23.6 Å². The normalized spacial score (nSPS) is 34.0. The quantitative estimate of drug-likeness (QED) is 0.811. The van der Waals surface area contributed by atoms with Gasteiger partial charge in [-0.3, -0.25) is 4.79 Å². The summed E-state index contributed by atoms with van der Waals surface area (Å²) in [4.78, 5) is 14.7. The molecule has 1 aromatic carbocycles. The van der Waals surface area contributed by atoms with Crippen molar-refractivity contribution in [3.63, 3.8) is 0 Å². The molecular formula is C20H28N2O3S. The minimum atomic E-state index is -3.15. The highest BCUT2D eigenvalue weighted by Crippen LogP contribution is 2.49. The predicted molar refractivity (Wildman–Crippen MR) is 101 cm³/mol. The van der Waals surface area contributed by atoms with Crippen molar-refractivity contribution in [2.45, 2.75) is 44.6 Å². The van der Waals surface area contributed by atoms with Gasteiger partial charge in [0.1, 0.15) is 0 Å². The van der Waals surface area contributed by atoms with Crippen LogP contribution < -0.4 is 0 Å². The fraction of sp³-hybridized carbons (Fsp3) is 0.650. The molecule has 1 aromatic rings. The first-order valence-corrected chi connectivity index (χ1v) is 11.4. The molecule has 4 rings (SSSR count). The summed E-state index contributed by atoms with van der Waals surface area (Å²) in [7, 11) is -3.15. The Morgan fingerprint density at radius 2 is 1.96 bits per heavy atom. The average molecular weight is 377 g/mol. The van der Waals surface area contributed by atoms with Crippen LogP contribution in [0.2, 0.25) is 0 Å². The van der Waals surface area contributed by atoms with E-state index in [0.29, 0.717) is 31.3 Å². The zero-order valence-electron chi connectivity index (χ0n) is 15.4. The van der Waals surface area contributed by atoms with E-state index in [1.165, 1.54) is 5.56 Å². The Kier molecular flexibility index (Phi) is 4.82. The van der Waals surface area contributed by atoms with Crippen molar-refractivity contribution in [1.29, 1.82) is 0 Å². The Hall–Kier alpha value is -1.40. The summed E-state index contributed by atoms with van der Waals surface area (Å²) >= 11 is 0. The van der Waals surface area contributed by atoms with Gasteiger partial charge in [0.15, 0.2) is 0 Å². The van der Waals surface area contributed by atoms with Crippen molar-refractivity contribution in [3.05, 3.63) is 35.9 Å². The second-order valence-electron chi connectivity index (χ2n) is 8.31. The fourth-order valence-corrected chi connectivity index (χ4v) is 6.78. The van der Waals surface area contributed by atoms with Gasteiger partial charge in [-0.15, -0.1) is 0 Å². The van der Waals surface area contributed by atoms with E-state index in [4.69, 9.17) is 0 Å². The van der Waals surface area contributed by atoms with E-state index in [9.17, 15) is 13.2 Å². The molecule has 2 saturated heterocycles. The third-order valence-electron chi connectivity index (χ3n) is 6.09. The topological polar surface area (TPSA) is 57.7 Å². The number of hydrogen-bond donors (Lipinski definition) is 0. The smallest absolute Gasteiger partial charge is 0.222 e. The van der Waals surface area contributed by atoms with Gasteiger partial charge in [0.05, 0.1) is 5.75 Å². The molecule has 1 saturated carbocycles. The van der Waals surface area contributed by atoms with Crippen molar-refractivity contribution in [2.75, 3.05) is 25.4 Å². The van der Waals surface area contributed by atoms with E-state index in [2.05, 4.69) is 24.3 Å². The maximum absolute atomic E-state index is 12.8. The Balaban J connectivity index is 1.34. The standard InChI is InChI=1S/C20H28N2O3S/c1-15-12-22(26(24,25)14-15)18-8-5-9-21(13-18)20(23)11-17-10-19(17)16-6-3-2-4-7-16/h2-4,6-7,15,17-19H,5,8-14H2,1H3/t15?,17-,18?,19-/m0/s1. The lowest BCUT2D eigenvalue weighted by molar-refractivity contribution is -0.133. The predicted octanol–water partition coefficient (Wildman–Crippen LogP) is 2.45. The van der Waals surface area contributed by atoms with Gasteiger partial charge in [0, 0.05) is 32.1 Å². The van der Waals surface area contributed by atoms with Crippen LogP contribution in [-0.2, 0) is 14.8 Å². The highest BCUT2D eigenvalue weighted by molar-refractivity contribution is 7.89. The Morgan fingerprint density at radius 1 is 1.19 bits per heavy atom. The lowest BCUT2D eigenvalue weighted by Crippen LogP contribution is -2.50. The monoisotopic (exact) mass is 376 g/mol. The second-order valence-corrected chi connectivity index (χ2v) is 10.3. The van der Waals surface area contributed by atoms with Gasteiger partial charge in [-0.2, -0.15) is 4.31 Å². The van der Waals surface area contributed by atoms with Gasteiger partial charge >= 0.3 is 0 Å². The number of carbonyl (C=O) groups is 1. The lowest BCUT2D eigenvalue weighted by Gasteiger charge is -2.37. The number of carbonyl (C=O) groups excluding carboxylic acids is 1. The first kappa shape index (κ1) is 18.0. The van der Waals surface area contributed by atoms with Crippen molar-refractivity contribution in [1.82, 2.24) is 9.21 Å². The van der Waals surface area contributed by atoms with E-state index in [0.717, 1.165) is 25.8 Å². The molecule has 2 unspecified atom stereocenters. The summed E-state index contributed by atoms with van der Waals surface area (Å²) in [6.45, 7) is 3.92. The molecule has 6 heteroatoms. The van der Waals surface area contributed by atoms with Crippen LogP contribution in [0.25, 0.3) is 0 Å². The van der Waals surface area contributed by atoms with E-state index in [1.807, 2.05) is 17.9 Å². The van der Waals surface area contributed by atoms with Crippen LogP contribution in [0.3, 0.4) is 0 Å². The van der Waals surface area contributed by atoms with E-state index < -0.39 is 10.0 Å². The Labute approximate surface area is 156 Å². The number of sulfonamides is 1. The van der Waals surface area contributed by atoms with Crippen LogP contribution in [0, 0.1) is 11.8 Å². The maximum atomic E-state index is 12.8. The van der Waals surface area contributed by atoms with Crippen LogP contribution in [0.5, 0.6) is 0 Å². The van der Waals surface area contributed by atoms with Crippen LogP contribution >= 0.6 is 0 Å². The number of rotatable bonds is 4. The molecular weight excluding hydrogens is 348 g/mol. The number of hydrogen-bond acceptors (Lipinski definition) is 3. The van der Waals surface area contributed by atoms with Crippen molar-refractivity contribution in [2.24, 2.45) is 11.8 Å². The third-order valence-corrected chi connectivity index (χ3v) is 8.24. The molecule has 0 aromatic heterocycles. The largest absolute Gasteiger partial charge is 0.341 e. The maximum Gasteiger partial charge on any atom is 0.222 e. The van der Waals surface area contributed by atoms with Crippen LogP contribution in [-0.4, -0.2) is 55.0 Å². The van der Waals surface area contributed by atoms with Crippen molar-refractivity contribution >= 4 is 15.9 Å². The molecule has 26 heavy (non-hydrogen) atoms. The summed E-state index contributed by atoms with van der Waals surface area (Å²) in [6.07, 6.45) is 3.44. The molecule has 0 spiro atoms.